The van der Waals surface area contributed by atoms with Gasteiger partial charge in [0.1, 0.15) is 34.0 Å². The Morgan fingerprint density at radius 2 is 1.78 bits per heavy atom. The fourth-order valence-electron chi connectivity index (χ4n) is 2.18. The van der Waals surface area contributed by atoms with Gasteiger partial charge in [0.05, 0.1) is 5.56 Å². The molecule has 0 spiro atoms. The van der Waals surface area contributed by atoms with E-state index in [-0.39, 0.29) is 27.7 Å². The van der Waals surface area contributed by atoms with Gasteiger partial charge in [-0.1, -0.05) is 23.7 Å². The third-order valence-corrected chi connectivity index (χ3v) is 3.61. The summed E-state index contributed by atoms with van der Waals surface area (Å²) in [7, 11) is 0. The summed E-state index contributed by atoms with van der Waals surface area (Å²) < 4.78 is 42.2. The summed E-state index contributed by atoms with van der Waals surface area (Å²) in [5.41, 5.74) is -0.558. The number of aldehydes is 1. The van der Waals surface area contributed by atoms with Crippen molar-refractivity contribution in [1.82, 2.24) is 9.78 Å². The van der Waals surface area contributed by atoms with Crippen molar-refractivity contribution in [1.29, 1.82) is 0 Å². The molecule has 0 unspecified atom stereocenters. The Kier molecular flexibility index (Phi) is 3.92. The molecule has 3 rings (SSSR count). The minimum Gasteiger partial charge on any atom is -0.298 e. The lowest BCUT2D eigenvalue weighted by molar-refractivity contribution is 0.112. The molecular weight excluding hydrogens is 329 g/mol. The average molecular weight is 337 g/mol. The minimum absolute atomic E-state index is 0.0105. The van der Waals surface area contributed by atoms with Crippen molar-refractivity contribution in [3.05, 3.63) is 70.6 Å². The molecule has 3 aromatic rings. The quantitative estimate of drug-likeness (QED) is 0.663. The van der Waals surface area contributed by atoms with Gasteiger partial charge in [0.2, 0.25) is 0 Å². The molecule has 0 aliphatic heterocycles. The van der Waals surface area contributed by atoms with Gasteiger partial charge in [0, 0.05) is 5.56 Å². The molecule has 3 nitrogen and oxygen atoms in total. The maximum absolute atomic E-state index is 13.9. The lowest BCUT2D eigenvalue weighted by Gasteiger charge is -2.04. The van der Waals surface area contributed by atoms with Gasteiger partial charge in [-0.2, -0.15) is 5.10 Å². The monoisotopic (exact) mass is 336 g/mol. The van der Waals surface area contributed by atoms with E-state index in [1.807, 2.05) is 0 Å². The molecule has 1 heterocycles. The molecule has 0 aliphatic carbocycles. The fraction of sp³-hybridized carbons (Fsp3) is 0. The van der Waals surface area contributed by atoms with Crippen LogP contribution >= 0.6 is 11.6 Å². The topological polar surface area (TPSA) is 34.9 Å². The number of para-hydroxylation sites is 1. The lowest BCUT2D eigenvalue weighted by atomic mass is 10.1. The maximum atomic E-state index is 13.9. The summed E-state index contributed by atoms with van der Waals surface area (Å²) in [6.07, 6.45) is 0.367. The second kappa shape index (κ2) is 5.89. The van der Waals surface area contributed by atoms with Gasteiger partial charge < -0.3 is 0 Å². The number of aromatic nitrogens is 2. The zero-order valence-electron chi connectivity index (χ0n) is 11.4. The Labute approximate surface area is 133 Å². The van der Waals surface area contributed by atoms with Crippen LogP contribution in [0, 0.1) is 17.5 Å². The van der Waals surface area contributed by atoms with Crippen LogP contribution in [0.2, 0.25) is 5.15 Å². The number of rotatable bonds is 3. The third kappa shape index (κ3) is 2.61. The summed E-state index contributed by atoms with van der Waals surface area (Å²) in [5.74, 6) is -2.10. The van der Waals surface area contributed by atoms with Crippen LogP contribution in [0.15, 0.2) is 42.5 Å². The molecule has 0 saturated carbocycles. The van der Waals surface area contributed by atoms with Crippen molar-refractivity contribution < 1.29 is 18.0 Å². The van der Waals surface area contributed by atoms with Gasteiger partial charge in [-0.15, -0.1) is 0 Å². The molecule has 0 bridgehead atoms. The number of halogens is 4. The highest BCUT2D eigenvalue weighted by molar-refractivity contribution is 6.32. The van der Waals surface area contributed by atoms with Gasteiger partial charge in [-0.25, -0.2) is 17.9 Å². The largest absolute Gasteiger partial charge is 0.298 e. The highest BCUT2D eigenvalue weighted by Gasteiger charge is 2.22. The van der Waals surface area contributed by atoms with Crippen molar-refractivity contribution >= 4 is 17.9 Å². The van der Waals surface area contributed by atoms with Crippen LogP contribution < -0.4 is 0 Å². The highest BCUT2D eigenvalue weighted by atomic mass is 35.5. The van der Waals surface area contributed by atoms with E-state index in [0.717, 1.165) is 22.9 Å². The predicted molar refractivity (Wildman–Crippen MR) is 79.3 cm³/mol. The van der Waals surface area contributed by atoms with Crippen LogP contribution in [-0.4, -0.2) is 16.1 Å². The molecule has 7 heteroatoms. The van der Waals surface area contributed by atoms with Crippen LogP contribution in [0.25, 0.3) is 16.9 Å². The van der Waals surface area contributed by atoms with Gasteiger partial charge in [-0.05, 0) is 30.3 Å². The molecule has 2 aromatic carbocycles. The van der Waals surface area contributed by atoms with E-state index in [1.165, 1.54) is 18.2 Å². The van der Waals surface area contributed by atoms with E-state index in [4.69, 9.17) is 11.6 Å². The van der Waals surface area contributed by atoms with Crippen LogP contribution in [0.5, 0.6) is 0 Å². The molecule has 0 fully saturated rings. The van der Waals surface area contributed by atoms with Gasteiger partial charge in [-0.3, -0.25) is 4.79 Å². The Morgan fingerprint density at radius 3 is 2.48 bits per heavy atom. The first-order valence-corrected chi connectivity index (χ1v) is 6.84. The van der Waals surface area contributed by atoms with Crippen molar-refractivity contribution in [2.45, 2.75) is 0 Å². The van der Waals surface area contributed by atoms with Gasteiger partial charge in [0.15, 0.2) is 6.29 Å². The predicted octanol–water partition coefficient (Wildman–Crippen LogP) is 4.42. The van der Waals surface area contributed by atoms with Crippen LogP contribution in [-0.2, 0) is 0 Å². The van der Waals surface area contributed by atoms with E-state index < -0.39 is 17.5 Å². The number of benzene rings is 2. The zero-order valence-corrected chi connectivity index (χ0v) is 12.2. The second-order valence-corrected chi connectivity index (χ2v) is 5.02. The Hall–Kier alpha value is -2.60. The van der Waals surface area contributed by atoms with Crippen LogP contribution in [0.1, 0.15) is 10.4 Å². The van der Waals surface area contributed by atoms with Crippen molar-refractivity contribution in [3.63, 3.8) is 0 Å². The molecule has 0 N–H and O–H groups in total. The molecule has 0 aliphatic rings. The zero-order chi connectivity index (χ0) is 16.6. The number of hydrogen-bond donors (Lipinski definition) is 0. The molecule has 23 heavy (non-hydrogen) atoms. The first kappa shape index (κ1) is 15.3. The van der Waals surface area contributed by atoms with E-state index >= 15 is 0 Å². The summed E-state index contributed by atoms with van der Waals surface area (Å²) in [5, 5.41) is 3.80. The van der Waals surface area contributed by atoms with Crippen LogP contribution in [0.4, 0.5) is 13.2 Å². The second-order valence-electron chi connectivity index (χ2n) is 4.66. The summed E-state index contributed by atoms with van der Waals surface area (Å²) in [6, 6.07) is 8.37. The minimum atomic E-state index is -0.774. The number of nitrogens with zero attached hydrogens (tertiary/aromatic N) is 2. The first-order valence-electron chi connectivity index (χ1n) is 6.47. The fourth-order valence-corrected chi connectivity index (χ4v) is 2.44. The summed E-state index contributed by atoms with van der Waals surface area (Å²) >= 11 is 6.06. The standard InChI is InChI=1S/C16H8ClF3N2O/c17-16-11(8-23)15(10-7-9(18)5-6-12(10)19)21-22(16)14-4-2-1-3-13(14)20/h1-8H. The molecule has 0 atom stereocenters. The molecule has 0 amide bonds. The average Bonchev–Trinajstić information content (AvgIpc) is 2.86. The Bertz CT molecular complexity index is 908. The van der Waals surface area contributed by atoms with Crippen molar-refractivity contribution in [2.24, 2.45) is 0 Å². The van der Waals surface area contributed by atoms with Gasteiger partial charge in [0.25, 0.3) is 0 Å². The number of carbonyl (C=O) groups excluding carboxylic acids is 1. The van der Waals surface area contributed by atoms with E-state index in [0.29, 0.717) is 6.29 Å². The summed E-state index contributed by atoms with van der Waals surface area (Å²) in [4.78, 5) is 11.3. The van der Waals surface area contributed by atoms with E-state index in [1.54, 1.807) is 6.07 Å². The molecule has 0 saturated heterocycles. The SMILES string of the molecule is O=Cc1c(-c2cc(F)ccc2F)nn(-c2ccccc2F)c1Cl. The highest BCUT2D eigenvalue weighted by Crippen LogP contribution is 2.32. The Balaban J connectivity index is 2.28. The van der Waals surface area contributed by atoms with Crippen LogP contribution in [0.3, 0.4) is 0 Å². The molecule has 116 valence electrons. The third-order valence-electron chi connectivity index (χ3n) is 3.25. The smallest absolute Gasteiger partial charge is 0.155 e. The normalized spacial score (nSPS) is 10.8. The van der Waals surface area contributed by atoms with E-state index in [2.05, 4.69) is 5.10 Å². The Morgan fingerprint density at radius 1 is 1.04 bits per heavy atom. The summed E-state index contributed by atoms with van der Waals surface area (Å²) in [6.45, 7) is 0. The van der Waals surface area contributed by atoms with E-state index in [9.17, 15) is 18.0 Å². The van der Waals surface area contributed by atoms with Gasteiger partial charge >= 0.3 is 0 Å². The lowest BCUT2D eigenvalue weighted by Crippen LogP contribution is -2.00. The first-order chi connectivity index (χ1) is 11.0. The van der Waals surface area contributed by atoms with Crippen molar-refractivity contribution in [3.8, 4) is 16.9 Å². The molecular formula is C16H8ClF3N2O. The maximum Gasteiger partial charge on any atom is 0.155 e. The van der Waals surface area contributed by atoms with Crippen molar-refractivity contribution in [2.75, 3.05) is 0 Å². The number of hydrogen-bond acceptors (Lipinski definition) is 2. The molecule has 0 radical (unpaired) electrons. The number of carbonyl (C=O) groups is 1. The molecule has 1 aromatic heterocycles.